The third-order valence-electron chi connectivity index (χ3n) is 4.95. The number of hydrogen-bond acceptors (Lipinski definition) is 5. The summed E-state index contributed by atoms with van der Waals surface area (Å²) in [5, 5.41) is 0. The van der Waals surface area contributed by atoms with Crippen LogP contribution in [0.2, 0.25) is 0 Å². The Labute approximate surface area is 164 Å². The monoisotopic (exact) mass is 378 g/mol. The number of rotatable bonds is 5. The van der Waals surface area contributed by atoms with Gasteiger partial charge in [-0.05, 0) is 42.8 Å². The molecule has 0 atom stereocenters. The molecule has 1 aromatic carbocycles. The highest BCUT2D eigenvalue weighted by Gasteiger charge is 2.22. The summed E-state index contributed by atoms with van der Waals surface area (Å²) in [4.78, 5) is 15.8. The van der Waals surface area contributed by atoms with Gasteiger partial charge in [0.25, 0.3) is 0 Å². The summed E-state index contributed by atoms with van der Waals surface area (Å²) in [6, 6.07) is 12.2. The van der Waals surface area contributed by atoms with Crippen LogP contribution in [0.3, 0.4) is 0 Å². The number of piperidine rings is 1. The van der Waals surface area contributed by atoms with Gasteiger partial charge in [-0.1, -0.05) is 6.92 Å². The van der Waals surface area contributed by atoms with Crippen LogP contribution in [-0.4, -0.2) is 34.1 Å². The molecule has 1 saturated heterocycles. The second kappa shape index (κ2) is 8.33. The fourth-order valence-electron chi connectivity index (χ4n) is 3.36. The zero-order valence-electron chi connectivity index (χ0n) is 15.9. The molecule has 5 nitrogen and oxygen atoms in total. The van der Waals surface area contributed by atoms with Crippen molar-refractivity contribution < 1.29 is 9.13 Å². The van der Waals surface area contributed by atoms with E-state index in [0.29, 0.717) is 0 Å². The minimum absolute atomic E-state index is 0.133. The van der Waals surface area contributed by atoms with Gasteiger partial charge in [-0.15, -0.1) is 0 Å². The predicted molar refractivity (Wildman–Crippen MR) is 107 cm³/mol. The number of hydrogen-bond donors (Lipinski definition) is 0. The average Bonchev–Trinajstić information content (AvgIpc) is 2.76. The van der Waals surface area contributed by atoms with Crippen molar-refractivity contribution in [1.29, 1.82) is 0 Å². The lowest BCUT2D eigenvalue weighted by Crippen LogP contribution is -2.38. The number of aryl methyl sites for hydroxylation is 1. The van der Waals surface area contributed by atoms with E-state index in [2.05, 4.69) is 27.9 Å². The zero-order valence-corrected chi connectivity index (χ0v) is 15.9. The van der Waals surface area contributed by atoms with E-state index in [4.69, 9.17) is 9.72 Å². The quantitative estimate of drug-likeness (QED) is 0.663. The van der Waals surface area contributed by atoms with Crippen LogP contribution in [0.5, 0.6) is 5.75 Å². The molecule has 0 amide bonds. The van der Waals surface area contributed by atoms with Gasteiger partial charge >= 0.3 is 0 Å². The molecule has 1 aliphatic heterocycles. The largest absolute Gasteiger partial charge is 0.490 e. The number of halogens is 1. The maximum Gasteiger partial charge on any atom is 0.161 e. The SMILES string of the molecule is CCc1cc(N2CCC(Oc3ccc(F)cc3)CC2)nc(-c2ccncc2)n1. The Kier molecular flexibility index (Phi) is 5.46. The normalized spacial score (nSPS) is 14.9. The lowest BCUT2D eigenvalue weighted by Gasteiger charge is -2.33. The Bertz CT molecular complexity index is 910. The van der Waals surface area contributed by atoms with Crippen molar-refractivity contribution in [1.82, 2.24) is 15.0 Å². The molecule has 0 N–H and O–H groups in total. The number of ether oxygens (including phenoxy) is 1. The number of nitrogens with zero attached hydrogens (tertiary/aromatic N) is 4. The summed E-state index contributed by atoms with van der Waals surface area (Å²) in [6.45, 7) is 3.83. The average molecular weight is 378 g/mol. The molecule has 1 aliphatic rings. The number of anilines is 1. The zero-order chi connectivity index (χ0) is 19.3. The van der Waals surface area contributed by atoms with Gasteiger partial charge < -0.3 is 9.64 Å². The molecular formula is C22H23FN4O. The smallest absolute Gasteiger partial charge is 0.161 e. The Morgan fingerprint density at radius 2 is 1.75 bits per heavy atom. The highest BCUT2D eigenvalue weighted by molar-refractivity contribution is 5.57. The molecule has 3 aromatic rings. The van der Waals surface area contributed by atoms with Crippen molar-refractivity contribution in [3.05, 3.63) is 66.4 Å². The van der Waals surface area contributed by atoms with Crippen molar-refractivity contribution in [3.63, 3.8) is 0 Å². The fraction of sp³-hybridized carbons (Fsp3) is 0.318. The number of pyridine rings is 1. The first-order valence-corrected chi connectivity index (χ1v) is 9.67. The maximum atomic E-state index is 13.0. The fourth-order valence-corrected chi connectivity index (χ4v) is 3.36. The van der Waals surface area contributed by atoms with Crippen molar-refractivity contribution in [2.45, 2.75) is 32.3 Å². The van der Waals surface area contributed by atoms with Gasteiger partial charge in [-0.25, -0.2) is 14.4 Å². The van der Waals surface area contributed by atoms with Crippen molar-refractivity contribution in [3.8, 4) is 17.1 Å². The molecule has 28 heavy (non-hydrogen) atoms. The maximum absolute atomic E-state index is 13.0. The third kappa shape index (κ3) is 4.27. The lowest BCUT2D eigenvalue weighted by molar-refractivity contribution is 0.170. The van der Waals surface area contributed by atoms with Crippen LogP contribution in [0.4, 0.5) is 10.2 Å². The first kappa shape index (κ1) is 18.3. The molecule has 0 saturated carbocycles. The summed E-state index contributed by atoms with van der Waals surface area (Å²) in [6.07, 6.45) is 6.30. The minimum atomic E-state index is -0.248. The lowest BCUT2D eigenvalue weighted by atomic mass is 10.1. The van der Waals surface area contributed by atoms with Gasteiger partial charge in [0.05, 0.1) is 0 Å². The molecule has 0 spiro atoms. The Morgan fingerprint density at radius 1 is 1.04 bits per heavy atom. The summed E-state index contributed by atoms with van der Waals surface area (Å²) in [5.41, 5.74) is 2.00. The summed E-state index contributed by atoms with van der Waals surface area (Å²) < 4.78 is 19.0. The highest BCUT2D eigenvalue weighted by Crippen LogP contribution is 2.25. The first-order valence-electron chi connectivity index (χ1n) is 9.67. The van der Waals surface area contributed by atoms with E-state index in [1.165, 1.54) is 12.1 Å². The van der Waals surface area contributed by atoms with Gasteiger partial charge in [0, 0.05) is 55.6 Å². The van der Waals surface area contributed by atoms with Gasteiger partial charge in [-0.2, -0.15) is 0 Å². The Balaban J connectivity index is 1.46. The van der Waals surface area contributed by atoms with Crippen LogP contribution in [0, 0.1) is 5.82 Å². The Morgan fingerprint density at radius 3 is 2.43 bits per heavy atom. The van der Waals surface area contributed by atoms with E-state index in [1.54, 1.807) is 24.5 Å². The summed E-state index contributed by atoms with van der Waals surface area (Å²) >= 11 is 0. The van der Waals surface area contributed by atoms with Crippen LogP contribution < -0.4 is 9.64 Å². The van der Waals surface area contributed by atoms with Crippen LogP contribution >= 0.6 is 0 Å². The van der Waals surface area contributed by atoms with E-state index in [0.717, 1.165) is 61.0 Å². The molecule has 1 fully saturated rings. The van der Waals surface area contributed by atoms with E-state index < -0.39 is 0 Å². The minimum Gasteiger partial charge on any atom is -0.490 e. The second-order valence-electron chi connectivity index (χ2n) is 6.89. The molecule has 2 aromatic heterocycles. The molecule has 6 heteroatoms. The van der Waals surface area contributed by atoms with Crippen molar-refractivity contribution >= 4 is 5.82 Å². The molecule has 4 rings (SSSR count). The molecule has 3 heterocycles. The summed E-state index contributed by atoms with van der Waals surface area (Å²) in [5.74, 6) is 2.16. The van der Waals surface area contributed by atoms with Crippen molar-refractivity contribution in [2.24, 2.45) is 0 Å². The third-order valence-corrected chi connectivity index (χ3v) is 4.95. The molecule has 144 valence electrons. The molecule has 0 aliphatic carbocycles. The van der Waals surface area contributed by atoms with E-state index in [-0.39, 0.29) is 11.9 Å². The van der Waals surface area contributed by atoms with Crippen molar-refractivity contribution in [2.75, 3.05) is 18.0 Å². The van der Waals surface area contributed by atoms with Gasteiger partial charge in [0.2, 0.25) is 0 Å². The van der Waals surface area contributed by atoms with Crippen LogP contribution in [0.25, 0.3) is 11.4 Å². The van der Waals surface area contributed by atoms with Crippen LogP contribution in [-0.2, 0) is 6.42 Å². The highest BCUT2D eigenvalue weighted by atomic mass is 19.1. The first-order chi connectivity index (χ1) is 13.7. The molecule has 0 unspecified atom stereocenters. The topological polar surface area (TPSA) is 51.1 Å². The van der Waals surface area contributed by atoms with E-state index in [1.807, 2.05) is 12.1 Å². The second-order valence-corrected chi connectivity index (χ2v) is 6.89. The predicted octanol–water partition coefficient (Wildman–Crippen LogP) is 4.29. The van der Waals surface area contributed by atoms with Gasteiger partial charge in [0.1, 0.15) is 23.5 Å². The number of aromatic nitrogens is 3. The summed E-state index contributed by atoms with van der Waals surface area (Å²) in [7, 11) is 0. The number of benzene rings is 1. The van der Waals surface area contributed by atoms with Gasteiger partial charge in [0.15, 0.2) is 5.82 Å². The van der Waals surface area contributed by atoms with Gasteiger partial charge in [-0.3, -0.25) is 4.98 Å². The van der Waals surface area contributed by atoms with Crippen LogP contribution in [0.1, 0.15) is 25.5 Å². The molecule has 0 bridgehead atoms. The Hall–Kier alpha value is -3.02. The molecule has 0 radical (unpaired) electrons. The van der Waals surface area contributed by atoms with E-state index in [9.17, 15) is 4.39 Å². The molecular weight excluding hydrogens is 355 g/mol. The van der Waals surface area contributed by atoms with E-state index >= 15 is 0 Å². The van der Waals surface area contributed by atoms with Crippen LogP contribution in [0.15, 0.2) is 54.9 Å². The standard InChI is InChI=1S/C22H23FN4O/c1-2-18-15-21(26-22(25-18)16-7-11-24-12-8-16)27-13-9-20(10-14-27)28-19-5-3-17(23)4-6-19/h3-8,11-12,15,20H,2,9-10,13-14H2,1H3.